The lowest BCUT2D eigenvalue weighted by molar-refractivity contribution is 0.0559. The summed E-state index contributed by atoms with van der Waals surface area (Å²) in [4.78, 5) is 31.3. The molecule has 0 aliphatic carbocycles. The number of carbonyl (C=O) groups excluding carboxylic acids is 1. The first-order valence-electron chi connectivity index (χ1n) is 10.6. The number of rotatable bonds is 3. The molecule has 0 bridgehead atoms. The van der Waals surface area contributed by atoms with Crippen LogP contribution < -0.4 is 10.5 Å². The number of aryl methyl sites for hydroxylation is 2. The van der Waals surface area contributed by atoms with Crippen LogP contribution in [0.25, 0.3) is 0 Å². The quantitative estimate of drug-likeness (QED) is 0.775. The van der Waals surface area contributed by atoms with Crippen LogP contribution in [0.1, 0.15) is 34.5 Å². The van der Waals surface area contributed by atoms with E-state index in [1.54, 1.807) is 13.8 Å². The van der Waals surface area contributed by atoms with E-state index in [0.29, 0.717) is 29.5 Å². The van der Waals surface area contributed by atoms with Crippen LogP contribution in [0.15, 0.2) is 39.5 Å². The van der Waals surface area contributed by atoms with Gasteiger partial charge >= 0.3 is 5.63 Å². The van der Waals surface area contributed by atoms with E-state index < -0.39 is 5.63 Å². The lowest BCUT2D eigenvalue weighted by Gasteiger charge is -2.44. The maximum atomic E-state index is 13.2. The van der Waals surface area contributed by atoms with Gasteiger partial charge in [0.2, 0.25) is 0 Å². The fourth-order valence-electron chi connectivity index (χ4n) is 4.67. The predicted molar refractivity (Wildman–Crippen MR) is 114 cm³/mol. The van der Waals surface area contributed by atoms with Gasteiger partial charge in [0.25, 0.3) is 5.91 Å². The van der Waals surface area contributed by atoms with Crippen molar-refractivity contribution >= 4 is 11.6 Å². The molecular weight excluding hydrogens is 385 g/mol. The van der Waals surface area contributed by atoms with Crippen LogP contribution in [0.5, 0.6) is 0 Å². The van der Waals surface area contributed by atoms with Gasteiger partial charge in [-0.15, -0.1) is 0 Å². The summed E-state index contributed by atoms with van der Waals surface area (Å²) in [6, 6.07) is 8.37. The van der Waals surface area contributed by atoms with Crippen LogP contribution in [-0.4, -0.2) is 61.0 Å². The van der Waals surface area contributed by atoms with E-state index in [-0.39, 0.29) is 11.7 Å². The molecule has 1 atom stereocenters. The Morgan fingerprint density at radius 1 is 1.07 bits per heavy atom. The van der Waals surface area contributed by atoms with Gasteiger partial charge in [-0.25, -0.2) is 9.18 Å². The molecule has 160 valence electrons. The summed E-state index contributed by atoms with van der Waals surface area (Å²) in [7, 11) is 0. The normalized spacial score (nSPS) is 20.4. The van der Waals surface area contributed by atoms with E-state index in [4.69, 9.17) is 4.42 Å². The van der Waals surface area contributed by atoms with Crippen molar-refractivity contribution in [2.24, 2.45) is 0 Å². The zero-order valence-corrected chi connectivity index (χ0v) is 17.6. The van der Waals surface area contributed by atoms with E-state index in [9.17, 15) is 14.0 Å². The molecule has 1 aromatic carbocycles. The number of piperidine rings is 1. The third kappa shape index (κ3) is 4.26. The molecule has 3 heterocycles. The lowest BCUT2D eigenvalue weighted by Crippen LogP contribution is -2.56. The van der Waals surface area contributed by atoms with Crippen LogP contribution in [0.4, 0.5) is 10.1 Å². The fraction of sp³-hybridized carbons (Fsp3) is 0.478. The summed E-state index contributed by atoms with van der Waals surface area (Å²) in [6.07, 6.45) is 2.03. The summed E-state index contributed by atoms with van der Waals surface area (Å²) in [5, 5.41) is 0. The Morgan fingerprint density at radius 3 is 2.43 bits per heavy atom. The number of likely N-dealkylation sites (tertiary alicyclic amines) is 1. The number of anilines is 1. The predicted octanol–water partition coefficient (Wildman–Crippen LogP) is 2.82. The summed E-state index contributed by atoms with van der Waals surface area (Å²) >= 11 is 0. The van der Waals surface area contributed by atoms with Gasteiger partial charge in [0.1, 0.15) is 11.6 Å². The highest BCUT2D eigenvalue weighted by atomic mass is 19.1. The number of benzene rings is 1. The monoisotopic (exact) mass is 413 g/mol. The average molecular weight is 413 g/mol. The first kappa shape index (κ1) is 20.6. The van der Waals surface area contributed by atoms with Crippen molar-refractivity contribution in [1.82, 2.24) is 9.80 Å². The Bertz CT molecular complexity index is 938. The maximum Gasteiger partial charge on any atom is 0.336 e. The molecule has 0 radical (unpaired) electrons. The highest BCUT2D eigenvalue weighted by Crippen LogP contribution is 2.23. The molecule has 6 nitrogen and oxygen atoms in total. The summed E-state index contributed by atoms with van der Waals surface area (Å²) < 4.78 is 18.3. The molecule has 0 unspecified atom stereocenters. The number of hydrogen-bond donors (Lipinski definition) is 0. The molecule has 2 fully saturated rings. The Hall–Kier alpha value is -2.67. The molecular formula is C23H28FN3O3. The van der Waals surface area contributed by atoms with Gasteiger partial charge in [0, 0.05) is 57.1 Å². The number of piperazine rings is 1. The SMILES string of the molecule is Cc1cc(=O)oc(C)c1C(=O)N1CCC[C@H](N2CCN(c3ccc(F)cc3)CC2)C1. The van der Waals surface area contributed by atoms with Gasteiger partial charge in [-0.1, -0.05) is 0 Å². The second-order valence-electron chi connectivity index (χ2n) is 8.23. The van der Waals surface area contributed by atoms with E-state index in [1.807, 2.05) is 17.0 Å². The van der Waals surface area contributed by atoms with Gasteiger partial charge in [-0.3, -0.25) is 9.69 Å². The summed E-state index contributed by atoms with van der Waals surface area (Å²) in [6.45, 7) is 8.49. The zero-order valence-electron chi connectivity index (χ0n) is 17.6. The Balaban J connectivity index is 1.39. The minimum Gasteiger partial charge on any atom is -0.427 e. The molecule has 0 spiro atoms. The lowest BCUT2D eigenvalue weighted by atomic mass is 10.0. The molecule has 1 aromatic heterocycles. The summed E-state index contributed by atoms with van der Waals surface area (Å²) in [5.41, 5.74) is 1.81. The van der Waals surface area contributed by atoms with E-state index in [1.165, 1.54) is 18.2 Å². The molecule has 2 aliphatic heterocycles. The molecule has 2 saturated heterocycles. The van der Waals surface area contributed by atoms with Crippen molar-refractivity contribution < 1.29 is 13.6 Å². The smallest absolute Gasteiger partial charge is 0.336 e. The fourth-order valence-corrected chi connectivity index (χ4v) is 4.67. The number of carbonyl (C=O) groups is 1. The largest absolute Gasteiger partial charge is 0.427 e. The maximum absolute atomic E-state index is 13.2. The Kier molecular flexibility index (Phi) is 5.90. The van der Waals surface area contributed by atoms with Gasteiger partial charge in [-0.2, -0.15) is 0 Å². The van der Waals surface area contributed by atoms with Crippen LogP contribution in [0, 0.1) is 19.7 Å². The number of amides is 1. The van der Waals surface area contributed by atoms with E-state index in [2.05, 4.69) is 9.80 Å². The van der Waals surface area contributed by atoms with Crippen LogP contribution >= 0.6 is 0 Å². The minimum absolute atomic E-state index is 0.0524. The van der Waals surface area contributed by atoms with Gasteiger partial charge in [0.05, 0.1) is 5.56 Å². The topological polar surface area (TPSA) is 57.0 Å². The van der Waals surface area contributed by atoms with E-state index >= 15 is 0 Å². The van der Waals surface area contributed by atoms with E-state index in [0.717, 1.165) is 51.3 Å². The second-order valence-corrected chi connectivity index (χ2v) is 8.23. The van der Waals surface area contributed by atoms with Crippen molar-refractivity contribution in [3.05, 3.63) is 63.5 Å². The highest BCUT2D eigenvalue weighted by molar-refractivity contribution is 5.96. The van der Waals surface area contributed by atoms with Crippen molar-refractivity contribution in [3.8, 4) is 0 Å². The average Bonchev–Trinajstić information content (AvgIpc) is 2.74. The second kappa shape index (κ2) is 8.60. The molecule has 2 aromatic rings. The van der Waals surface area contributed by atoms with Crippen molar-refractivity contribution in [2.75, 3.05) is 44.2 Å². The highest BCUT2D eigenvalue weighted by Gasteiger charge is 2.31. The van der Waals surface area contributed by atoms with Gasteiger partial charge < -0.3 is 14.2 Å². The first-order chi connectivity index (χ1) is 14.4. The van der Waals surface area contributed by atoms with Gasteiger partial charge in [-0.05, 0) is 56.5 Å². The molecule has 4 rings (SSSR count). The molecule has 2 aliphatic rings. The zero-order chi connectivity index (χ0) is 21.3. The molecule has 0 N–H and O–H groups in total. The molecule has 7 heteroatoms. The van der Waals surface area contributed by atoms with Gasteiger partial charge in [0.15, 0.2) is 0 Å². The number of nitrogens with zero attached hydrogens (tertiary/aromatic N) is 3. The summed E-state index contributed by atoms with van der Waals surface area (Å²) in [5.74, 6) is 0.121. The Labute approximate surface area is 175 Å². The van der Waals surface area contributed by atoms with Crippen LogP contribution in [0.3, 0.4) is 0 Å². The first-order valence-corrected chi connectivity index (χ1v) is 10.6. The standard InChI is InChI=1S/C23H28FN3O3/c1-16-14-21(28)30-17(2)22(16)23(29)27-9-3-4-20(15-27)26-12-10-25(11-13-26)19-7-5-18(24)6-8-19/h5-8,14,20H,3-4,9-13,15H2,1-2H3/t20-/m0/s1. The van der Waals surface area contributed by atoms with Crippen molar-refractivity contribution in [1.29, 1.82) is 0 Å². The number of halogens is 1. The molecule has 1 amide bonds. The number of hydrogen-bond acceptors (Lipinski definition) is 5. The molecule has 30 heavy (non-hydrogen) atoms. The Morgan fingerprint density at radius 2 is 1.77 bits per heavy atom. The minimum atomic E-state index is -0.419. The van der Waals surface area contributed by atoms with Crippen molar-refractivity contribution in [2.45, 2.75) is 32.7 Å². The van der Waals surface area contributed by atoms with Crippen molar-refractivity contribution in [3.63, 3.8) is 0 Å². The third-order valence-electron chi connectivity index (χ3n) is 6.25. The van der Waals surface area contributed by atoms with Crippen LogP contribution in [0.2, 0.25) is 0 Å². The molecule has 0 saturated carbocycles. The third-order valence-corrected chi connectivity index (χ3v) is 6.25. The van der Waals surface area contributed by atoms with Crippen LogP contribution in [-0.2, 0) is 0 Å².